The summed E-state index contributed by atoms with van der Waals surface area (Å²) in [4.78, 5) is 49.7. The van der Waals surface area contributed by atoms with Gasteiger partial charge in [-0.15, -0.1) is 0 Å². The van der Waals surface area contributed by atoms with E-state index in [9.17, 15) is 19.2 Å². The van der Waals surface area contributed by atoms with Crippen LogP contribution in [-0.2, 0) is 28.7 Å². The third-order valence-electron chi connectivity index (χ3n) is 8.55. The maximum absolute atomic E-state index is 12.6. The molecule has 11 heteroatoms. The average Bonchev–Trinajstić information content (AvgIpc) is 3.06. The number of nitrogens with zero attached hydrogens (tertiary/aromatic N) is 2. The molecule has 0 radical (unpaired) electrons. The van der Waals surface area contributed by atoms with Crippen molar-refractivity contribution in [3.63, 3.8) is 0 Å². The normalized spacial score (nSPS) is 11.4. The second-order valence-corrected chi connectivity index (χ2v) is 15.7. The summed E-state index contributed by atoms with van der Waals surface area (Å²) in [5.41, 5.74) is 5.48. The summed E-state index contributed by atoms with van der Waals surface area (Å²) < 4.78 is 10.6. The number of benzene rings is 2. The molecule has 0 fully saturated rings. The summed E-state index contributed by atoms with van der Waals surface area (Å²) in [6.07, 6.45) is 1.07. The molecule has 0 heterocycles. The van der Waals surface area contributed by atoms with Crippen molar-refractivity contribution in [3.8, 4) is 0 Å². The Morgan fingerprint density at radius 3 is 1.42 bits per heavy atom. The van der Waals surface area contributed by atoms with E-state index in [4.69, 9.17) is 4.74 Å². The Kier molecular flexibility index (Phi) is 21.9. The molecule has 0 saturated heterocycles. The van der Waals surface area contributed by atoms with Crippen LogP contribution < -0.4 is 10.6 Å². The van der Waals surface area contributed by atoms with Gasteiger partial charge in [-0.2, -0.15) is 0 Å². The maximum atomic E-state index is 12.6. The van der Waals surface area contributed by atoms with Crippen LogP contribution in [0.5, 0.6) is 0 Å². The predicted molar refractivity (Wildman–Crippen MR) is 217 cm³/mol. The number of nitrogens with one attached hydrogen (secondary N) is 2. The Hall–Kier alpha value is -3.28. The van der Waals surface area contributed by atoms with Crippen LogP contribution in [-0.4, -0.2) is 84.7 Å². The second kappa shape index (κ2) is 23.4. The lowest BCUT2D eigenvalue weighted by molar-refractivity contribution is -0.933. The molecule has 10 nitrogen and oxygen atoms in total. The van der Waals surface area contributed by atoms with E-state index in [1.165, 1.54) is 0 Å². The monoisotopic (exact) mass is 791 g/mol. The molecule has 2 N–H and O–H groups in total. The molecule has 0 aliphatic heterocycles. The summed E-state index contributed by atoms with van der Waals surface area (Å²) in [6.45, 7) is 31.5. The van der Waals surface area contributed by atoms with Crippen LogP contribution in [0.25, 0.3) is 0 Å². The molecule has 0 unspecified atom stereocenters. The number of carbonyl (C=O) groups excluding carboxylic acids is 4. The van der Waals surface area contributed by atoms with Crippen LogP contribution in [0, 0.1) is 38.5 Å². The Morgan fingerprint density at radius 2 is 1.10 bits per heavy atom. The highest BCUT2D eigenvalue weighted by molar-refractivity contribution is 9.09. The lowest BCUT2D eigenvalue weighted by Crippen LogP contribution is -2.54. The van der Waals surface area contributed by atoms with Gasteiger partial charge in [-0.3, -0.25) is 28.6 Å². The number of alkyl halides is 1. The van der Waals surface area contributed by atoms with E-state index in [1.807, 2.05) is 119 Å². The molecule has 0 aromatic heterocycles. The number of ether oxygens (including phenoxy) is 2. The zero-order valence-electron chi connectivity index (χ0n) is 34.5. The molecule has 0 aliphatic carbocycles. The van der Waals surface area contributed by atoms with Crippen molar-refractivity contribution in [3.05, 3.63) is 58.7 Å². The average molecular weight is 793 g/mol. The number of hydrogen-bond acceptors (Lipinski definition) is 7. The van der Waals surface area contributed by atoms with Gasteiger partial charge in [0.15, 0.2) is 6.54 Å². The van der Waals surface area contributed by atoms with Crippen molar-refractivity contribution < 1.29 is 33.1 Å². The lowest BCUT2D eigenvalue weighted by Gasteiger charge is -2.35. The van der Waals surface area contributed by atoms with Crippen molar-refractivity contribution in [2.75, 3.05) is 62.1 Å². The van der Waals surface area contributed by atoms with Gasteiger partial charge in [-0.05, 0) is 141 Å². The number of likely N-dealkylation sites (N-methyl/N-ethyl adjacent to an activating group) is 2. The van der Waals surface area contributed by atoms with E-state index in [0.29, 0.717) is 24.1 Å². The Labute approximate surface area is 323 Å². The summed E-state index contributed by atoms with van der Waals surface area (Å²) in [6, 6.07) is 12.0. The van der Waals surface area contributed by atoms with Crippen LogP contribution in [0.2, 0.25) is 0 Å². The lowest BCUT2D eigenvalue weighted by atomic mass is 9.97. The molecule has 294 valence electrons. The second-order valence-electron chi connectivity index (χ2n) is 15.2. The number of amides is 2. The van der Waals surface area contributed by atoms with Gasteiger partial charge in [-0.25, -0.2) is 0 Å². The van der Waals surface area contributed by atoms with Crippen LogP contribution in [0.3, 0.4) is 0 Å². The highest BCUT2D eigenvalue weighted by Gasteiger charge is 2.32. The number of carbonyl (C=O) groups is 4. The number of para-hydroxylation sites is 2. The van der Waals surface area contributed by atoms with Gasteiger partial charge in [-0.1, -0.05) is 50.2 Å². The van der Waals surface area contributed by atoms with Gasteiger partial charge in [0, 0.05) is 11.4 Å². The number of hydrogen-bond donors (Lipinski definition) is 2. The molecule has 2 rings (SSSR count). The van der Waals surface area contributed by atoms with Crippen LogP contribution in [0.1, 0.15) is 97.9 Å². The first kappa shape index (κ1) is 48.7. The third-order valence-corrected chi connectivity index (χ3v) is 8.77. The maximum Gasteiger partial charge on any atom is 0.315 e. The fourth-order valence-corrected chi connectivity index (χ4v) is 5.12. The van der Waals surface area contributed by atoms with Gasteiger partial charge in [0.1, 0.15) is 5.52 Å². The summed E-state index contributed by atoms with van der Waals surface area (Å²) in [5, 5.41) is 6.05. The standard InChI is InChI=1S/C20H32N2O3.C15H24N2O.C6H11BrO2/c1-8-22(9-2,14-25-19(24)20(5,6)7)13-17(23)21-18-15(3)11-10-12-16(18)4;1-5-10-17(6-2)11-14(18)16-15-12(3)8-7-9-13(15)4;1-6(2,3)5(8)9-4-7/h10-12H,8-9,13-14H2,1-7H3;7-9H,5-6,10-11H2,1-4H3,(H,16,18);4H2,1-3H3/p+1. The molecular formula is C41H68BrN4O6+. The topological polar surface area (TPSA) is 114 Å². The van der Waals surface area contributed by atoms with Crippen LogP contribution >= 0.6 is 15.9 Å². The first-order valence-electron chi connectivity index (χ1n) is 18.3. The molecule has 2 aromatic carbocycles. The largest absolute Gasteiger partial charge is 0.454 e. The minimum Gasteiger partial charge on any atom is -0.454 e. The molecule has 0 atom stereocenters. The molecule has 0 spiro atoms. The van der Waals surface area contributed by atoms with Gasteiger partial charge in [0.05, 0.1) is 30.5 Å². The van der Waals surface area contributed by atoms with Gasteiger partial charge >= 0.3 is 11.9 Å². The van der Waals surface area contributed by atoms with Crippen molar-refractivity contribution in [1.82, 2.24) is 4.90 Å². The highest BCUT2D eigenvalue weighted by Crippen LogP contribution is 2.22. The Bertz CT molecular complexity index is 1390. The van der Waals surface area contributed by atoms with E-state index in [1.54, 1.807) is 0 Å². The molecular weight excluding hydrogens is 724 g/mol. The van der Waals surface area contributed by atoms with Crippen LogP contribution in [0.4, 0.5) is 11.4 Å². The Morgan fingerprint density at radius 1 is 0.692 bits per heavy atom. The Balaban J connectivity index is 0.000000837. The molecule has 52 heavy (non-hydrogen) atoms. The molecule has 2 amide bonds. The SMILES string of the molecule is CC(C)(C)C(=O)OCBr.CCCN(CC)CC(=O)Nc1c(C)cccc1C.CC[N+](CC)(COC(=O)C(C)(C)C)CC(=O)Nc1c(C)cccc1C. The molecule has 0 saturated carbocycles. The summed E-state index contributed by atoms with van der Waals surface area (Å²) in [5.74, 6) is -0.415. The molecule has 0 aliphatic rings. The fourth-order valence-electron chi connectivity index (χ4n) is 4.91. The molecule has 2 aromatic rings. The first-order valence-corrected chi connectivity index (χ1v) is 19.4. The predicted octanol–water partition coefficient (Wildman–Crippen LogP) is 8.55. The van der Waals surface area contributed by atoms with E-state index in [0.717, 1.165) is 53.1 Å². The number of quaternary nitrogens is 1. The van der Waals surface area contributed by atoms with Crippen molar-refractivity contribution in [2.24, 2.45) is 10.8 Å². The minimum atomic E-state index is -0.544. The first-order chi connectivity index (χ1) is 24.1. The number of rotatable bonds is 14. The third kappa shape index (κ3) is 18.0. The summed E-state index contributed by atoms with van der Waals surface area (Å²) >= 11 is 3.00. The van der Waals surface area contributed by atoms with Gasteiger partial charge < -0.3 is 20.1 Å². The highest BCUT2D eigenvalue weighted by atomic mass is 79.9. The van der Waals surface area contributed by atoms with Crippen molar-refractivity contribution in [2.45, 2.75) is 103 Å². The smallest absolute Gasteiger partial charge is 0.315 e. The summed E-state index contributed by atoms with van der Waals surface area (Å²) in [7, 11) is 0. The van der Waals surface area contributed by atoms with E-state index >= 15 is 0 Å². The van der Waals surface area contributed by atoms with E-state index in [-0.39, 0.29) is 48.0 Å². The zero-order valence-corrected chi connectivity index (χ0v) is 36.1. The number of esters is 2. The van der Waals surface area contributed by atoms with Crippen LogP contribution in [0.15, 0.2) is 36.4 Å². The number of anilines is 2. The van der Waals surface area contributed by atoms with E-state index in [2.05, 4.69) is 50.0 Å². The number of halogens is 1. The number of aryl methyl sites for hydroxylation is 4. The van der Waals surface area contributed by atoms with Crippen molar-refractivity contribution >= 4 is 51.1 Å². The fraction of sp³-hybridized carbons (Fsp3) is 0.610. The van der Waals surface area contributed by atoms with Gasteiger partial charge in [0.2, 0.25) is 12.6 Å². The van der Waals surface area contributed by atoms with E-state index < -0.39 is 5.41 Å². The zero-order chi connectivity index (χ0) is 40.3. The quantitative estimate of drug-likeness (QED) is 0.0854. The van der Waals surface area contributed by atoms with Crippen molar-refractivity contribution in [1.29, 1.82) is 0 Å². The molecule has 0 bridgehead atoms. The van der Waals surface area contributed by atoms with Gasteiger partial charge in [0.25, 0.3) is 5.91 Å². The minimum absolute atomic E-state index is 0.0621.